The van der Waals surface area contributed by atoms with E-state index >= 15 is 0 Å². The molecule has 0 radical (unpaired) electrons. The van der Waals surface area contributed by atoms with Crippen molar-refractivity contribution in [2.75, 3.05) is 26.7 Å². The largest absolute Gasteiger partial charge is 0.356 e. The summed E-state index contributed by atoms with van der Waals surface area (Å²) in [5, 5.41) is 6.59. The summed E-state index contributed by atoms with van der Waals surface area (Å²) in [5.74, 6) is 0.550. The number of hydrogen-bond donors (Lipinski definition) is 2. The number of imide groups is 1. The third-order valence-electron chi connectivity index (χ3n) is 5.13. The van der Waals surface area contributed by atoms with E-state index in [4.69, 9.17) is 0 Å². The van der Waals surface area contributed by atoms with Crippen molar-refractivity contribution in [3.05, 3.63) is 34.3 Å². The molecule has 1 aliphatic heterocycles. The van der Waals surface area contributed by atoms with Gasteiger partial charge in [-0.3, -0.25) is 19.5 Å². The molecule has 2 fully saturated rings. The fourth-order valence-electron chi connectivity index (χ4n) is 3.39. The van der Waals surface area contributed by atoms with E-state index in [-0.39, 0.29) is 41.2 Å². The van der Waals surface area contributed by atoms with Crippen molar-refractivity contribution in [2.45, 2.75) is 37.5 Å². The Labute approximate surface area is 185 Å². The summed E-state index contributed by atoms with van der Waals surface area (Å²) in [5.41, 5.74) is 1.48. The first-order valence-corrected chi connectivity index (χ1v) is 9.88. The molecule has 8 heteroatoms. The van der Waals surface area contributed by atoms with Gasteiger partial charge >= 0.3 is 0 Å². The Balaban J connectivity index is 0.00000261. The Bertz CT molecular complexity index is 705. The summed E-state index contributed by atoms with van der Waals surface area (Å²) in [6.07, 6.45) is 3.90. The number of nitrogens with zero attached hydrogens (tertiary/aromatic N) is 2. The standard InChI is InChI=1S/C19H25BrN4O2.HI/c1-21-18(22-11-12-24-16(25)7-4-8-17(24)26)23-13-19(9-10-19)14-5-2-3-6-15(14)20;/h2-3,5-6H,4,7-13H2,1H3,(H2,21,22,23);1H. The number of rotatable bonds is 6. The maximum atomic E-state index is 11.8. The minimum Gasteiger partial charge on any atom is -0.356 e. The van der Waals surface area contributed by atoms with Crippen LogP contribution in [0.4, 0.5) is 0 Å². The highest BCUT2D eigenvalue weighted by molar-refractivity contribution is 14.0. The molecule has 1 aromatic carbocycles. The van der Waals surface area contributed by atoms with Gasteiger partial charge in [0.15, 0.2) is 5.96 Å². The molecule has 2 N–H and O–H groups in total. The molecule has 148 valence electrons. The van der Waals surface area contributed by atoms with Crippen molar-refractivity contribution >= 4 is 57.7 Å². The second kappa shape index (κ2) is 9.86. The molecule has 2 aliphatic rings. The number of halogens is 2. The molecular formula is C19H26BrIN4O2. The maximum Gasteiger partial charge on any atom is 0.229 e. The number of hydrogen-bond acceptors (Lipinski definition) is 3. The van der Waals surface area contributed by atoms with Crippen LogP contribution in [-0.4, -0.2) is 49.4 Å². The molecule has 27 heavy (non-hydrogen) atoms. The van der Waals surface area contributed by atoms with E-state index in [0.717, 1.165) is 23.9 Å². The third kappa shape index (κ3) is 5.43. The number of aliphatic imine (C=N–C) groups is 1. The summed E-state index contributed by atoms with van der Waals surface area (Å²) < 4.78 is 1.14. The summed E-state index contributed by atoms with van der Waals surface area (Å²) in [6.45, 7) is 1.68. The normalized spacial score (nSPS) is 18.7. The van der Waals surface area contributed by atoms with Crippen molar-refractivity contribution in [3.63, 3.8) is 0 Å². The smallest absolute Gasteiger partial charge is 0.229 e. The lowest BCUT2D eigenvalue weighted by atomic mass is 9.96. The second-order valence-corrected chi connectivity index (χ2v) is 7.76. The first-order chi connectivity index (χ1) is 12.6. The van der Waals surface area contributed by atoms with Crippen LogP contribution in [0, 0.1) is 0 Å². The molecule has 1 aromatic rings. The van der Waals surface area contributed by atoms with Crippen molar-refractivity contribution in [1.29, 1.82) is 0 Å². The molecule has 0 aromatic heterocycles. The lowest BCUT2D eigenvalue weighted by molar-refractivity contribution is -0.147. The Hall–Kier alpha value is -1.16. The molecular weight excluding hydrogens is 523 g/mol. The van der Waals surface area contributed by atoms with E-state index in [1.807, 2.05) is 6.07 Å². The molecule has 0 unspecified atom stereocenters. The predicted octanol–water partition coefficient (Wildman–Crippen LogP) is 2.80. The van der Waals surface area contributed by atoms with E-state index in [9.17, 15) is 9.59 Å². The highest BCUT2D eigenvalue weighted by Gasteiger charge is 2.45. The van der Waals surface area contributed by atoms with Crippen LogP contribution in [0.1, 0.15) is 37.7 Å². The Morgan fingerprint density at radius 2 is 1.85 bits per heavy atom. The molecule has 2 amide bonds. The topological polar surface area (TPSA) is 73.8 Å². The summed E-state index contributed by atoms with van der Waals surface area (Å²) in [6, 6.07) is 8.35. The Morgan fingerprint density at radius 3 is 2.44 bits per heavy atom. The van der Waals surface area contributed by atoms with Gasteiger partial charge < -0.3 is 10.6 Å². The average Bonchev–Trinajstić information content (AvgIpc) is 3.41. The number of piperidine rings is 1. The fraction of sp³-hybridized carbons (Fsp3) is 0.526. The molecule has 1 saturated carbocycles. The monoisotopic (exact) mass is 548 g/mol. The van der Waals surface area contributed by atoms with Gasteiger partial charge in [0.05, 0.1) is 0 Å². The number of likely N-dealkylation sites (tertiary alicyclic amines) is 1. The predicted molar refractivity (Wildman–Crippen MR) is 120 cm³/mol. The SMILES string of the molecule is CN=C(NCCN1C(=O)CCCC1=O)NCC1(c2ccccc2Br)CC1.I. The average molecular weight is 549 g/mol. The van der Waals surface area contributed by atoms with Crippen LogP contribution in [0.5, 0.6) is 0 Å². The number of guanidine groups is 1. The zero-order valence-corrected chi connectivity index (χ0v) is 19.4. The quantitative estimate of drug-likeness (QED) is 0.248. The third-order valence-corrected chi connectivity index (χ3v) is 5.82. The highest BCUT2D eigenvalue weighted by Crippen LogP contribution is 2.49. The van der Waals surface area contributed by atoms with Crippen LogP contribution in [0.15, 0.2) is 33.7 Å². The van der Waals surface area contributed by atoms with E-state index in [0.29, 0.717) is 38.3 Å². The lowest BCUT2D eigenvalue weighted by Gasteiger charge is -2.25. The van der Waals surface area contributed by atoms with Gasteiger partial charge in [-0.1, -0.05) is 34.1 Å². The number of benzene rings is 1. The zero-order chi connectivity index (χ0) is 18.6. The summed E-state index contributed by atoms with van der Waals surface area (Å²) in [4.78, 5) is 29.3. The molecule has 3 rings (SSSR count). The van der Waals surface area contributed by atoms with Crippen LogP contribution >= 0.6 is 39.9 Å². The molecule has 0 spiro atoms. The number of carbonyl (C=O) groups excluding carboxylic acids is 2. The van der Waals surface area contributed by atoms with Crippen molar-refractivity contribution in [1.82, 2.24) is 15.5 Å². The number of carbonyl (C=O) groups is 2. The minimum atomic E-state index is -0.0724. The van der Waals surface area contributed by atoms with Gasteiger partial charge in [0.2, 0.25) is 11.8 Å². The van der Waals surface area contributed by atoms with Gasteiger partial charge in [-0.15, -0.1) is 24.0 Å². The highest BCUT2D eigenvalue weighted by atomic mass is 127. The Kier molecular flexibility index (Phi) is 8.08. The van der Waals surface area contributed by atoms with Gasteiger partial charge in [-0.25, -0.2) is 0 Å². The Morgan fingerprint density at radius 1 is 1.19 bits per heavy atom. The lowest BCUT2D eigenvalue weighted by Crippen LogP contribution is -2.47. The molecule has 6 nitrogen and oxygen atoms in total. The van der Waals surface area contributed by atoms with Crippen LogP contribution in [0.3, 0.4) is 0 Å². The second-order valence-electron chi connectivity index (χ2n) is 6.91. The van der Waals surface area contributed by atoms with E-state index in [1.54, 1.807) is 7.05 Å². The van der Waals surface area contributed by atoms with Gasteiger partial charge in [-0.2, -0.15) is 0 Å². The van der Waals surface area contributed by atoms with Crippen LogP contribution in [-0.2, 0) is 15.0 Å². The molecule has 1 aliphatic carbocycles. The minimum absolute atomic E-state index is 0. The van der Waals surface area contributed by atoms with E-state index in [2.05, 4.69) is 49.8 Å². The molecule has 0 bridgehead atoms. The molecule has 1 heterocycles. The summed E-state index contributed by atoms with van der Waals surface area (Å²) >= 11 is 3.65. The van der Waals surface area contributed by atoms with E-state index < -0.39 is 0 Å². The van der Waals surface area contributed by atoms with Gasteiger partial charge in [0.1, 0.15) is 0 Å². The maximum absolute atomic E-state index is 11.8. The van der Waals surface area contributed by atoms with Crippen LogP contribution in [0.25, 0.3) is 0 Å². The number of nitrogens with one attached hydrogen (secondary N) is 2. The number of amides is 2. The zero-order valence-electron chi connectivity index (χ0n) is 15.5. The first kappa shape index (κ1) is 22.1. The van der Waals surface area contributed by atoms with E-state index in [1.165, 1.54) is 10.5 Å². The van der Waals surface area contributed by atoms with Crippen molar-refractivity contribution in [2.24, 2.45) is 4.99 Å². The van der Waals surface area contributed by atoms with Crippen LogP contribution < -0.4 is 10.6 Å². The fourth-order valence-corrected chi connectivity index (χ4v) is 4.10. The van der Waals surface area contributed by atoms with Gasteiger partial charge in [0.25, 0.3) is 0 Å². The van der Waals surface area contributed by atoms with Gasteiger partial charge in [-0.05, 0) is 30.9 Å². The molecule has 0 atom stereocenters. The first-order valence-electron chi connectivity index (χ1n) is 9.08. The molecule has 1 saturated heterocycles. The van der Waals surface area contributed by atoms with Gasteiger partial charge in [0, 0.05) is 49.4 Å². The van der Waals surface area contributed by atoms with Crippen molar-refractivity contribution < 1.29 is 9.59 Å². The summed E-state index contributed by atoms with van der Waals surface area (Å²) in [7, 11) is 1.73. The van der Waals surface area contributed by atoms with Crippen LogP contribution in [0.2, 0.25) is 0 Å². The van der Waals surface area contributed by atoms with Crippen molar-refractivity contribution in [3.8, 4) is 0 Å².